The van der Waals surface area contributed by atoms with E-state index in [9.17, 15) is 14.0 Å². The zero-order valence-corrected chi connectivity index (χ0v) is 19.6. The lowest BCUT2D eigenvalue weighted by molar-refractivity contribution is -0.122. The molecule has 1 amide bonds. The zero-order valence-electron chi connectivity index (χ0n) is 18.9. The Bertz CT molecular complexity index is 1260. The van der Waals surface area contributed by atoms with Crippen LogP contribution in [0.4, 0.5) is 10.1 Å². The number of anilines is 1. The summed E-state index contributed by atoms with van der Waals surface area (Å²) in [6, 6.07) is 10.00. The molecule has 174 valence electrons. The summed E-state index contributed by atoms with van der Waals surface area (Å²) in [7, 11) is 0. The summed E-state index contributed by atoms with van der Waals surface area (Å²) in [6.45, 7) is 8.13. The van der Waals surface area contributed by atoms with Gasteiger partial charge in [-0.3, -0.25) is 14.2 Å². The molecular weight excluding hydrogens is 445 g/mol. The summed E-state index contributed by atoms with van der Waals surface area (Å²) in [4.78, 5) is 33.1. The Morgan fingerprint density at radius 2 is 2.09 bits per heavy atom. The standard InChI is InChI=1S/C24H27ClFN5O2/c1-14(2)28-22(32)13-31-23(16-4-6-20(26)19(25)10-16)29-21-7-5-17(11-18(21)24(31)33)30-9-8-27-15(3)12-30/h4-7,10-11,14-15,27H,8-9,12-13H2,1-3H3,(H,28,32). The van der Waals surface area contributed by atoms with Crippen molar-refractivity contribution in [3.05, 3.63) is 57.6 Å². The fourth-order valence-electron chi connectivity index (χ4n) is 4.09. The minimum absolute atomic E-state index is 0.0772. The first-order chi connectivity index (χ1) is 15.7. The van der Waals surface area contributed by atoms with E-state index in [1.807, 2.05) is 32.0 Å². The van der Waals surface area contributed by atoms with Crippen molar-refractivity contribution in [2.75, 3.05) is 24.5 Å². The van der Waals surface area contributed by atoms with Crippen molar-refractivity contribution in [1.82, 2.24) is 20.2 Å². The highest BCUT2D eigenvalue weighted by molar-refractivity contribution is 6.31. The number of hydrogen-bond acceptors (Lipinski definition) is 5. The Morgan fingerprint density at radius 3 is 2.79 bits per heavy atom. The molecule has 7 nitrogen and oxygen atoms in total. The molecular formula is C24H27ClFN5O2. The van der Waals surface area contributed by atoms with E-state index in [1.165, 1.54) is 22.8 Å². The Labute approximate surface area is 196 Å². The van der Waals surface area contributed by atoms with Gasteiger partial charge in [-0.1, -0.05) is 11.6 Å². The predicted octanol–water partition coefficient (Wildman–Crippen LogP) is 3.18. The van der Waals surface area contributed by atoms with Gasteiger partial charge in [0.05, 0.1) is 15.9 Å². The summed E-state index contributed by atoms with van der Waals surface area (Å²) in [5, 5.41) is 6.56. The van der Waals surface area contributed by atoms with Gasteiger partial charge in [0.1, 0.15) is 18.2 Å². The third-order valence-electron chi connectivity index (χ3n) is 5.60. The molecule has 0 saturated carbocycles. The van der Waals surface area contributed by atoms with Crippen LogP contribution in [0, 0.1) is 5.82 Å². The summed E-state index contributed by atoms with van der Waals surface area (Å²) in [5.74, 6) is -0.616. The van der Waals surface area contributed by atoms with E-state index in [-0.39, 0.29) is 34.9 Å². The van der Waals surface area contributed by atoms with Crippen LogP contribution in [0.5, 0.6) is 0 Å². The van der Waals surface area contributed by atoms with E-state index in [2.05, 4.69) is 27.4 Å². The third kappa shape index (κ3) is 5.02. The second kappa shape index (κ2) is 9.49. The smallest absolute Gasteiger partial charge is 0.262 e. The number of nitrogens with one attached hydrogen (secondary N) is 2. The SMILES string of the molecule is CC(C)NC(=O)Cn1c(-c2ccc(F)c(Cl)c2)nc2ccc(N3CCNC(C)C3)cc2c1=O. The number of benzene rings is 2. The van der Waals surface area contributed by atoms with Gasteiger partial charge < -0.3 is 15.5 Å². The molecule has 1 fully saturated rings. The number of carbonyl (C=O) groups excluding carboxylic acids is 1. The summed E-state index contributed by atoms with van der Waals surface area (Å²) in [5.41, 5.74) is 1.56. The quantitative estimate of drug-likeness (QED) is 0.597. The van der Waals surface area contributed by atoms with Gasteiger partial charge in [0.25, 0.3) is 5.56 Å². The van der Waals surface area contributed by atoms with Crippen LogP contribution < -0.4 is 21.1 Å². The van der Waals surface area contributed by atoms with E-state index in [0.717, 1.165) is 25.3 Å². The normalized spacial score (nSPS) is 16.4. The van der Waals surface area contributed by atoms with E-state index >= 15 is 0 Å². The first-order valence-corrected chi connectivity index (χ1v) is 11.4. The number of aromatic nitrogens is 2. The minimum atomic E-state index is -0.567. The van der Waals surface area contributed by atoms with Crippen LogP contribution in [0.2, 0.25) is 5.02 Å². The maximum atomic E-state index is 13.8. The zero-order chi connectivity index (χ0) is 23.7. The van der Waals surface area contributed by atoms with E-state index in [4.69, 9.17) is 11.6 Å². The monoisotopic (exact) mass is 471 g/mol. The van der Waals surface area contributed by atoms with Crippen molar-refractivity contribution in [3.8, 4) is 11.4 Å². The Balaban J connectivity index is 1.85. The molecule has 0 radical (unpaired) electrons. The van der Waals surface area contributed by atoms with Crippen molar-refractivity contribution < 1.29 is 9.18 Å². The molecule has 3 aromatic rings. The van der Waals surface area contributed by atoms with E-state index in [0.29, 0.717) is 22.5 Å². The maximum Gasteiger partial charge on any atom is 0.262 e. The predicted molar refractivity (Wildman–Crippen MR) is 129 cm³/mol. The van der Waals surface area contributed by atoms with Gasteiger partial charge in [0.2, 0.25) is 5.91 Å². The summed E-state index contributed by atoms with van der Waals surface area (Å²) < 4.78 is 15.1. The fraction of sp³-hybridized carbons (Fsp3) is 0.375. The van der Waals surface area contributed by atoms with Crippen molar-refractivity contribution in [2.45, 2.75) is 39.4 Å². The number of hydrogen-bond donors (Lipinski definition) is 2. The van der Waals surface area contributed by atoms with Crippen molar-refractivity contribution >= 4 is 34.1 Å². The molecule has 1 aliphatic rings. The Hall–Kier alpha value is -2.97. The van der Waals surface area contributed by atoms with Crippen molar-refractivity contribution in [1.29, 1.82) is 0 Å². The van der Waals surface area contributed by atoms with Crippen LogP contribution in [0.25, 0.3) is 22.3 Å². The highest BCUT2D eigenvalue weighted by Crippen LogP contribution is 2.26. The number of fused-ring (bicyclic) bond motifs is 1. The van der Waals surface area contributed by atoms with Crippen LogP contribution in [-0.4, -0.2) is 47.2 Å². The molecule has 0 bridgehead atoms. The molecule has 9 heteroatoms. The van der Waals surface area contributed by atoms with Gasteiger partial charge in [-0.05, 0) is 57.2 Å². The Kier molecular flexibility index (Phi) is 6.67. The number of halogens is 2. The largest absolute Gasteiger partial charge is 0.369 e. The van der Waals surface area contributed by atoms with Crippen molar-refractivity contribution in [2.24, 2.45) is 0 Å². The molecule has 1 atom stereocenters. The first kappa shape index (κ1) is 23.2. The number of nitrogens with zero attached hydrogens (tertiary/aromatic N) is 3. The topological polar surface area (TPSA) is 79.3 Å². The molecule has 2 heterocycles. The second-order valence-corrected chi connectivity index (χ2v) is 9.09. The number of amides is 1. The third-order valence-corrected chi connectivity index (χ3v) is 5.89. The first-order valence-electron chi connectivity index (χ1n) is 11.0. The van der Waals surface area contributed by atoms with Gasteiger partial charge in [0.15, 0.2) is 0 Å². The number of piperazine rings is 1. The van der Waals surface area contributed by atoms with Gasteiger partial charge in [0, 0.05) is 43.0 Å². The van der Waals surface area contributed by atoms with Crippen LogP contribution >= 0.6 is 11.6 Å². The number of rotatable bonds is 5. The number of carbonyl (C=O) groups is 1. The van der Waals surface area contributed by atoms with Gasteiger partial charge >= 0.3 is 0 Å². The summed E-state index contributed by atoms with van der Waals surface area (Å²) >= 11 is 5.99. The molecule has 4 rings (SSSR count). The highest BCUT2D eigenvalue weighted by atomic mass is 35.5. The lowest BCUT2D eigenvalue weighted by Crippen LogP contribution is -2.49. The molecule has 33 heavy (non-hydrogen) atoms. The van der Waals surface area contributed by atoms with Gasteiger partial charge in [-0.25, -0.2) is 9.37 Å². The van der Waals surface area contributed by atoms with E-state index < -0.39 is 5.82 Å². The lowest BCUT2D eigenvalue weighted by atomic mass is 10.1. The molecule has 1 unspecified atom stereocenters. The molecule has 2 N–H and O–H groups in total. The minimum Gasteiger partial charge on any atom is -0.369 e. The van der Waals surface area contributed by atoms with Crippen LogP contribution in [0.3, 0.4) is 0 Å². The average molecular weight is 472 g/mol. The molecule has 1 aliphatic heterocycles. The maximum absolute atomic E-state index is 13.8. The average Bonchev–Trinajstić information content (AvgIpc) is 2.77. The molecule has 0 spiro atoms. The lowest BCUT2D eigenvalue weighted by Gasteiger charge is -2.33. The van der Waals surface area contributed by atoms with Gasteiger partial charge in [-0.2, -0.15) is 0 Å². The Morgan fingerprint density at radius 1 is 1.30 bits per heavy atom. The summed E-state index contributed by atoms with van der Waals surface area (Å²) in [6.07, 6.45) is 0. The molecule has 1 saturated heterocycles. The van der Waals surface area contributed by atoms with Crippen molar-refractivity contribution in [3.63, 3.8) is 0 Å². The van der Waals surface area contributed by atoms with Crippen LogP contribution in [0.15, 0.2) is 41.2 Å². The van der Waals surface area contributed by atoms with E-state index in [1.54, 1.807) is 0 Å². The molecule has 0 aliphatic carbocycles. The molecule has 2 aromatic carbocycles. The highest BCUT2D eigenvalue weighted by Gasteiger charge is 2.20. The van der Waals surface area contributed by atoms with Gasteiger partial charge in [-0.15, -0.1) is 0 Å². The van der Waals surface area contributed by atoms with Crippen LogP contribution in [-0.2, 0) is 11.3 Å². The second-order valence-electron chi connectivity index (χ2n) is 8.68. The van der Waals surface area contributed by atoms with Crippen LogP contribution in [0.1, 0.15) is 20.8 Å². The molecule has 1 aromatic heterocycles. The fourth-order valence-corrected chi connectivity index (χ4v) is 4.27.